The molecule has 1 aromatic carbocycles. The van der Waals surface area contributed by atoms with Gasteiger partial charge in [-0.05, 0) is 70.8 Å². The first-order chi connectivity index (χ1) is 20.2. The summed E-state index contributed by atoms with van der Waals surface area (Å²) in [5.41, 5.74) is 0.465. The number of β-lactam (4-membered cyclic amide) rings is 1. The van der Waals surface area contributed by atoms with Crippen molar-refractivity contribution in [2.75, 3.05) is 0 Å². The molecule has 1 aliphatic heterocycles. The molecule has 5 heteroatoms. The summed E-state index contributed by atoms with van der Waals surface area (Å²) in [4.78, 5) is 44.4. The minimum Gasteiger partial charge on any atom is -0.326 e. The molecule has 3 fully saturated rings. The van der Waals surface area contributed by atoms with Gasteiger partial charge in [0.05, 0.1) is 17.0 Å². The number of fused-ring (bicyclic) bond motifs is 1. The van der Waals surface area contributed by atoms with Gasteiger partial charge in [0.25, 0.3) is 0 Å². The summed E-state index contributed by atoms with van der Waals surface area (Å²) < 4.78 is 0. The first-order valence-electron chi connectivity index (χ1n) is 17.5. The maximum Gasteiger partial charge on any atom is 0.228 e. The van der Waals surface area contributed by atoms with Crippen molar-refractivity contribution in [1.82, 2.24) is 10.2 Å². The second-order valence-electron chi connectivity index (χ2n) is 14.0. The van der Waals surface area contributed by atoms with Crippen molar-refractivity contribution in [3.8, 4) is 0 Å². The highest BCUT2D eigenvalue weighted by Gasteiger charge is 2.57. The van der Waals surface area contributed by atoms with Crippen LogP contribution < -0.4 is 5.32 Å². The minimum absolute atomic E-state index is 0.0779. The molecular formula is C37H58N2O3. The Hall–Kier alpha value is -2.01. The van der Waals surface area contributed by atoms with E-state index in [2.05, 4.69) is 38.2 Å². The Morgan fingerprint density at radius 3 is 2.07 bits per heavy atom. The zero-order chi connectivity index (χ0) is 30.3. The van der Waals surface area contributed by atoms with Crippen LogP contribution in [0.2, 0.25) is 0 Å². The normalized spacial score (nSPS) is 28.1. The number of ketones is 2. The van der Waals surface area contributed by atoms with Gasteiger partial charge in [0.2, 0.25) is 5.91 Å². The van der Waals surface area contributed by atoms with Crippen molar-refractivity contribution in [3.63, 3.8) is 0 Å². The third kappa shape index (κ3) is 6.87. The molecule has 1 N–H and O–H groups in total. The fourth-order valence-corrected chi connectivity index (χ4v) is 8.02. The molecule has 234 valence electrons. The van der Waals surface area contributed by atoms with E-state index in [0.717, 1.165) is 89.0 Å². The quantitative estimate of drug-likeness (QED) is 0.200. The highest BCUT2D eigenvalue weighted by molar-refractivity contribution is 6.03. The molecule has 5 nitrogen and oxygen atoms in total. The third-order valence-electron chi connectivity index (χ3n) is 11.2. The molecule has 1 saturated heterocycles. The number of carbonyl (C=O) groups is 3. The van der Waals surface area contributed by atoms with Gasteiger partial charge in [0.15, 0.2) is 11.6 Å². The van der Waals surface area contributed by atoms with Gasteiger partial charge >= 0.3 is 0 Å². The highest BCUT2D eigenvalue weighted by Crippen LogP contribution is 2.44. The molecule has 2 saturated carbocycles. The Balaban J connectivity index is 1.57. The smallest absolute Gasteiger partial charge is 0.228 e. The molecule has 2 aliphatic carbocycles. The van der Waals surface area contributed by atoms with Crippen LogP contribution in [0.25, 0.3) is 0 Å². The molecule has 1 amide bonds. The van der Waals surface area contributed by atoms with Crippen molar-refractivity contribution in [1.29, 1.82) is 0 Å². The number of hydrogen-bond acceptors (Lipinski definition) is 4. The van der Waals surface area contributed by atoms with Gasteiger partial charge in [-0.15, -0.1) is 0 Å². The van der Waals surface area contributed by atoms with Crippen LogP contribution in [0.1, 0.15) is 153 Å². The summed E-state index contributed by atoms with van der Waals surface area (Å²) in [7, 11) is 0. The second kappa shape index (κ2) is 14.6. The van der Waals surface area contributed by atoms with Crippen molar-refractivity contribution >= 4 is 17.5 Å². The van der Waals surface area contributed by atoms with Crippen LogP contribution in [0.4, 0.5) is 0 Å². The van der Waals surface area contributed by atoms with Gasteiger partial charge in [0.1, 0.15) is 0 Å². The molecule has 0 spiro atoms. The number of aryl methyl sites for hydroxylation is 1. The third-order valence-corrected chi connectivity index (χ3v) is 11.2. The maximum atomic E-state index is 14.8. The predicted molar refractivity (Wildman–Crippen MR) is 172 cm³/mol. The number of rotatable bonds is 12. The van der Waals surface area contributed by atoms with E-state index in [9.17, 15) is 14.4 Å². The number of benzene rings is 1. The van der Waals surface area contributed by atoms with E-state index in [1.165, 1.54) is 18.4 Å². The van der Waals surface area contributed by atoms with Crippen LogP contribution in [-0.2, 0) is 16.0 Å². The Morgan fingerprint density at radius 1 is 0.833 bits per heavy atom. The van der Waals surface area contributed by atoms with E-state index in [0.29, 0.717) is 12.8 Å². The summed E-state index contributed by atoms with van der Waals surface area (Å²) in [5.74, 6) is 0.416. The van der Waals surface area contributed by atoms with Crippen molar-refractivity contribution in [2.24, 2.45) is 11.8 Å². The Labute approximate surface area is 256 Å². The van der Waals surface area contributed by atoms with Crippen LogP contribution in [0.5, 0.6) is 0 Å². The number of nitrogens with zero attached hydrogens (tertiary/aromatic N) is 1. The largest absolute Gasteiger partial charge is 0.326 e. The molecule has 0 bridgehead atoms. The molecule has 0 aromatic heterocycles. The fraction of sp³-hybridized carbons (Fsp3) is 0.757. The monoisotopic (exact) mass is 578 g/mol. The lowest BCUT2D eigenvalue weighted by atomic mass is 9.69. The van der Waals surface area contributed by atoms with Gasteiger partial charge in [-0.2, -0.15) is 0 Å². The maximum absolute atomic E-state index is 14.8. The summed E-state index contributed by atoms with van der Waals surface area (Å²) in [6, 6.07) is 8.29. The molecular weight excluding hydrogens is 520 g/mol. The number of amides is 1. The topological polar surface area (TPSA) is 66.5 Å². The Morgan fingerprint density at radius 2 is 1.45 bits per heavy atom. The Kier molecular flexibility index (Phi) is 11.5. The first-order valence-corrected chi connectivity index (χ1v) is 17.5. The molecule has 6 atom stereocenters. The minimum atomic E-state index is -0.789. The Bertz CT molecular complexity index is 1070. The zero-order valence-electron chi connectivity index (χ0n) is 27.3. The van der Waals surface area contributed by atoms with Crippen LogP contribution in [-0.4, -0.2) is 45.5 Å². The number of nitrogens with one attached hydrogen (secondary N) is 1. The predicted octanol–water partition coefficient (Wildman–Crippen LogP) is 8.23. The van der Waals surface area contributed by atoms with Crippen LogP contribution >= 0.6 is 0 Å². The van der Waals surface area contributed by atoms with Crippen LogP contribution in [0, 0.1) is 11.8 Å². The van der Waals surface area contributed by atoms with Crippen LogP contribution in [0.3, 0.4) is 0 Å². The number of likely N-dealkylation sites (tertiary alicyclic amines) is 1. The molecule has 3 aliphatic rings. The molecule has 0 radical (unpaired) electrons. The fourth-order valence-electron chi connectivity index (χ4n) is 8.02. The average Bonchev–Trinajstić information content (AvgIpc) is 2.98. The average molecular weight is 579 g/mol. The number of unbranched alkanes of at least 4 members (excludes halogenated alkanes) is 1. The summed E-state index contributed by atoms with van der Waals surface area (Å²) >= 11 is 0. The number of Topliss-reactive ketones (excluding diaryl/α,β-unsaturated/α-hetero) is 2. The lowest BCUT2D eigenvalue weighted by molar-refractivity contribution is -0.176. The number of carbonyl (C=O) groups excluding carboxylic acids is 3. The van der Waals surface area contributed by atoms with Crippen molar-refractivity contribution in [3.05, 3.63) is 35.4 Å². The first kappa shape index (κ1) is 32.9. The van der Waals surface area contributed by atoms with E-state index >= 15 is 0 Å². The lowest BCUT2D eigenvalue weighted by Crippen LogP contribution is -2.72. The van der Waals surface area contributed by atoms with E-state index in [4.69, 9.17) is 0 Å². The number of hydrogen-bond donors (Lipinski definition) is 1. The van der Waals surface area contributed by atoms with Gasteiger partial charge in [-0.1, -0.05) is 103 Å². The van der Waals surface area contributed by atoms with E-state index in [1.807, 2.05) is 30.9 Å². The molecule has 2 unspecified atom stereocenters. The molecule has 4 rings (SSSR count). The van der Waals surface area contributed by atoms with E-state index in [-0.39, 0.29) is 41.4 Å². The lowest BCUT2D eigenvalue weighted by Gasteiger charge is -2.57. The van der Waals surface area contributed by atoms with Gasteiger partial charge in [-0.3, -0.25) is 14.4 Å². The van der Waals surface area contributed by atoms with Crippen LogP contribution in [0.15, 0.2) is 24.3 Å². The summed E-state index contributed by atoms with van der Waals surface area (Å²) in [6.45, 7) is 10.4. The molecule has 1 aromatic rings. The van der Waals surface area contributed by atoms with Crippen molar-refractivity contribution < 1.29 is 14.4 Å². The van der Waals surface area contributed by atoms with Gasteiger partial charge < -0.3 is 10.2 Å². The van der Waals surface area contributed by atoms with Crippen molar-refractivity contribution in [2.45, 2.75) is 167 Å². The standard InChI is InChI=1S/C37H58N2O3/c1-6-9-18-27-23-25-28(26-24-27)33(40)36(4,7-2)38-31-21-16-12-10-14-19-29(31)34(41)37(5,8-3)39-32-22-17-13-11-15-20-30(32)35(39)42/h23-26,29-32,38H,6-22H2,1-5H3/t29-,30-,31+,32+,36?,37?/m1/s1. The van der Waals surface area contributed by atoms with Gasteiger partial charge in [-0.25, -0.2) is 0 Å². The summed E-state index contributed by atoms with van der Waals surface area (Å²) in [5, 5.41) is 3.81. The molecule has 1 heterocycles. The van der Waals surface area contributed by atoms with E-state index < -0.39 is 11.1 Å². The highest BCUT2D eigenvalue weighted by atomic mass is 16.2. The van der Waals surface area contributed by atoms with Gasteiger partial charge in [0, 0.05) is 23.6 Å². The van der Waals surface area contributed by atoms with E-state index in [1.54, 1.807) is 0 Å². The molecule has 42 heavy (non-hydrogen) atoms. The zero-order valence-corrected chi connectivity index (χ0v) is 27.3. The second-order valence-corrected chi connectivity index (χ2v) is 14.0. The SMILES string of the molecule is CCCCc1ccc(C(=O)C(C)(CC)N[C@H]2CCCCCC[C@H]2C(=O)C(C)(CC)N2C(=O)[C@@H]3CCCCCC[C@@H]32)cc1. The summed E-state index contributed by atoms with van der Waals surface area (Å²) in [6.07, 6.45) is 17.4.